The van der Waals surface area contributed by atoms with Crippen LogP contribution in [0.2, 0.25) is 0 Å². The summed E-state index contributed by atoms with van der Waals surface area (Å²) in [4.78, 5) is 9.61. The lowest BCUT2D eigenvalue weighted by molar-refractivity contribution is 0.173. The molecule has 0 aliphatic carbocycles. The van der Waals surface area contributed by atoms with Gasteiger partial charge in [-0.05, 0) is 12.1 Å². The van der Waals surface area contributed by atoms with Gasteiger partial charge in [-0.25, -0.2) is 5.06 Å². The fourth-order valence-corrected chi connectivity index (χ4v) is 1.82. The molecule has 0 fully saturated rings. The predicted molar refractivity (Wildman–Crippen MR) is 60.6 cm³/mol. The largest absolute Gasteiger partial charge is 0.275 e. The first-order valence-electron chi connectivity index (χ1n) is 4.97. The molecule has 0 amide bonds. The summed E-state index contributed by atoms with van der Waals surface area (Å²) in [5.41, 5.74) is 1.97. The minimum absolute atomic E-state index is 0.505. The second-order valence-corrected chi connectivity index (χ2v) is 3.46. The molecule has 0 atom stereocenters. The van der Waals surface area contributed by atoms with Gasteiger partial charge >= 0.3 is 0 Å². The highest BCUT2D eigenvalue weighted by molar-refractivity contribution is 5.78. The van der Waals surface area contributed by atoms with E-state index < -0.39 is 0 Å². The van der Waals surface area contributed by atoms with Gasteiger partial charge in [-0.1, -0.05) is 12.1 Å². The van der Waals surface area contributed by atoms with Gasteiger partial charge in [0.1, 0.15) is 17.4 Å². The maximum absolute atomic E-state index is 5.20. The normalized spacial score (nSPS) is 16.2. The van der Waals surface area contributed by atoms with Gasteiger partial charge in [0.05, 0.1) is 12.8 Å². The molecular weight excluding hydrogens is 204 g/mol. The van der Waals surface area contributed by atoms with E-state index in [1.165, 1.54) is 0 Å². The van der Waals surface area contributed by atoms with Crippen molar-refractivity contribution >= 4 is 18.0 Å². The molecule has 5 nitrogen and oxygen atoms in total. The Kier molecular flexibility index (Phi) is 2.04. The summed E-state index contributed by atoms with van der Waals surface area (Å²) < 4.78 is 0. The second-order valence-electron chi connectivity index (χ2n) is 3.46. The third kappa shape index (κ3) is 1.25. The standard InChI is InChI=1S/C11H10N4O/c1-16-15-7-12-11-9(15)5-4-8-3-2-6-13-14-10(8)11/h2-6H,7H2,1H3. The van der Waals surface area contributed by atoms with E-state index in [1.54, 1.807) is 18.4 Å². The number of rotatable bonds is 1. The van der Waals surface area contributed by atoms with Crippen LogP contribution in [-0.4, -0.2) is 20.0 Å². The van der Waals surface area contributed by atoms with E-state index in [2.05, 4.69) is 15.2 Å². The number of nitrogens with zero attached hydrogens (tertiary/aromatic N) is 4. The SMILES string of the molecule is CON1CN=c2c1ccc1c2=NN=CC=C1. The van der Waals surface area contributed by atoms with Crippen molar-refractivity contribution in [3.05, 3.63) is 34.5 Å². The average molecular weight is 214 g/mol. The Morgan fingerprint density at radius 1 is 1.31 bits per heavy atom. The molecule has 5 heteroatoms. The molecule has 0 N–H and O–H groups in total. The Balaban J connectivity index is 2.32. The van der Waals surface area contributed by atoms with Crippen LogP contribution in [0.3, 0.4) is 0 Å². The first kappa shape index (κ1) is 9.23. The van der Waals surface area contributed by atoms with E-state index >= 15 is 0 Å². The summed E-state index contributed by atoms with van der Waals surface area (Å²) in [6, 6.07) is 3.98. The summed E-state index contributed by atoms with van der Waals surface area (Å²) in [5, 5.41) is 11.5. The topological polar surface area (TPSA) is 49.5 Å². The fourth-order valence-electron chi connectivity index (χ4n) is 1.82. The first-order chi connectivity index (χ1) is 7.90. The Morgan fingerprint density at radius 2 is 2.25 bits per heavy atom. The van der Waals surface area contributed by atoms with Crippen LogP contribution in [-0.2, 0) is 4.84 Å². The zero-order chi connectivity index (χ0) is 11.0. The van der Waals surface area contributed by atoms with Gasteiger partial charge in [-0.15, -0.1) is 5.10 Å². The number of hydrogen-bond donors (Lipinski definition) is 0. The van der Waals surface area contributed by atoms with Crippen molar-refractivity contribution in [3.8, 4) is 0 Å². The van der Waals surface area contributed by atoms with Crippen molar-refractivity contribution in [3.63, 3.8) is 0 Å². The Hall–Kier alpha value is -2.01. The van der Waals surface area contributed by atoms with Crippen molar-refractivity contribution in [2.75, 3.05) is 18.8 Å². The summed E-state index contributed by atoms with van der Waals surface area (Å²) >= 11 is 0. The van der Waals surface area contributed by atoms with Crippen LogP contribution in [0.1, 0.15) is 5.56 Å². The first-order valence-corrected chi connectivity index (χ1v) is 4.97. The van der Waals surface area contributed by atoms with Gasteiger partial charge in [-0.2, -0.15) is 5.10 Å². The lowest BCUT2D eigenvalue weighted by Gasteiger charge is -2.13. The zero-order valence-electron chi connectivity index (χ0n) is 8.79. The van der Waals surface area contributed by atoms with Gasteiger partial charge in [0.25, 0.3) is 0 Å². The van der Waals surface area contributed by atoms with Crippen molar-refractivity contribution in [1.82, 2.24) is 0 Å². The van der Waals surface area contributed by atoms with E-state index in [1.807, 2.05) is 24.3 Å². The van der Waals surface area contributed by atoms with Crippen LogP contribution in [0.25, 0.3) is 6.08 Å². The van der Waals surface area contributed by atoms with Gasteiger partial charge in [0.2, 0.25) is 0 Å². The average Bonchev–Trinajstić information content (AvgIpc) is 2.58. The van der Waals surface area contributed by atoms with Crippen LogP contribution in [0.5, 0.6) is 0 Å². The summed E-state index contributed by atoms with van der Waals surface area (Å²) in [6.07, 6.45) is 5.50. The molecule has 16 heavy (non-hydrogen) atoms. The van der Waals surface area contributed by atoms with E-state index in [9.17, 15) is 0 Å². The number of anilines is 1. The van der Waals surface area contributed by atoms with Crippen molar-refractivity contribution in [2.24, 2.45) is 15.2 Å². The van der Waals surface area contributed by atoms with Gasteiger partial charge in [0, 0.05) is 11.8 Å². The highest BCUT2D eigenvalue weighted by Crippen LogP contribution is 2.12. The number of benzene rings is 1. The Bertz CT molecular complexity index is 603. The van der Waals surface area contributed by atoms with E-state index in [4.69, 9.17) is 4.84 Å². The molecular formula is C11H10N4O. The van der Waals surface area contributed by atoms with E-state index in [-0.39, 0.29) is 0 Å². The van der Waals surface area contributed by atoms with Crippen LogP contribution in [0.15, 0.2) is 33.4 Å². The molecule has 2 aliphatic rings. The fraction of sp³-hybridized carbons (Fsp3) is 0.182. The minimum atomic E-state index is 0.505. The minimum Gasteiger partial charge on any atom is -0.275 e. The molecule has 3 rings (SSSR count). The quantitative estimate of drug-likeness (QED) is 0.674. The molecule has 2 aliphatic heterocycles. The smallest absolute Gasteiger partial charge is 0.136 e. The predicted octanol–water partition coefficient (Wildman–Crippen LogP) is 0.277. The third-order valence-electron chi connectivity index (χ3n) is 2.59. The molecule has 0 aromatic heterocycles. The summed E-state index contributed by atoms with van der Waals surface area (Å²) in [5.74, 6) is 0. The molecule has 80 valence electrons. The van der Waals surface area contributed by atoms with Crippen LogP contribution >= 0.6 is 0 Å². The van der Waals surface area contributed by atoms with Crippen LogP contribution in [0, 0.1) is 0 Å². The highest BCUT2D eigenvalue weighted by Gasteiger charge is 2.16. The number of fused-ring (bicyclic) bond motifs is 3. The molecule has 0 radical (unpaired) electrons. The maximum Gasteiger partial charge on any atom is 0.136 e. The van der Waals surface area contributed by atoms with Gasteiger partial charge < -0.3 is 0 Å². The van der Waals surface area contributed by atoms with E-state index in [0.717, 1.165) is 22.0 Å². The number of hydrogen-bond acceptors (Lipinski definition) is 5. The molecule has 0 saturated carbocycles. The number of hydroxylamine groups is 1. The molecule has 0 bridgehead atoms. The lowest BCUT2D eigenvalue weighted by atomic mass is 10.1. The highest BCUT2D eigenvalue weighted by atomic mass is 16.7. The Morgan fingerprint density at radius 3 is 3.12 bits per heavy atom. The third-order valence-corrected chi connectivity index (χ3v) is 2.59. The van der Waals surface area contributed by atoms with E-state index in [0.29, 0.717) is 6.67 Å². The molecule has 2 heterocycles. The van der Waals surface area contributed by atoms with Crippen molar-refractivity contribution in [1.29, 1.82) is 0 Å². The monoisotopic (exact) mass is 214 g/mol. The van der Waals surface area contributed by atoms with Gasteiger partial charge in [0.15, 0.2) is 0 Å². The number of allylic oxidation sites excluding steroid dienone is 1. The lowest BCUT2D eigenvalue weighted by Crippen LogP contribution is -2.29. The summed E-state index contributed by atoms with van der Waals surface area (Å²) in [6.45, 7) is 0.505. The molecule has 0 spiro atoms. The molecule has 0 unspecified atom stereocenters. The van der Waals surface area contributed by atoms with Gasteiger partial charge in [-0.3, -0.25) is 9.83 Å². The van der Waals surface area contributed by atoms with Crippen LogP contribution in [0.4, 0.5) is 5.69 Å². The molecule has 0 saturated heterocycles. The van der Waals surface area contributed by atoms with Crippen molar-refractivity contribution in [2.45, 2.75) is 0 Å². The molecule has 1 aromatic carbocycles. The second kappa shape index (κ2) is 3.53. The molecule has 1 aromatic rings. The maximum atomic E-state index is 5.20. The Labute approximate surface area is 92.0 Å². The zero-order valence-corrected chi connectivity index (χ0v) is 8.79. The van der Waals surface area contributed by atoms with Crippen molar-refractivity contribution < 1.29 is 4.84 Å². The van der Waals surface area contributed by atoms with Crippen LogP contribution < -0.4 is 15.8 Å². The summed E-state index contributed by atoms with van der Waals surface area (Å²) in [7, 11) is 1.63.